The number of imide groups is 1. The van der Waals surface area contributed by atoms with Crippen molar-refractivity contribution in [3.63, 3.8) is 0 Å². The van der Waals surface area contributed by atoms with E-state index in [2.05, 4.69) is 0 Å². The highest BCUT2D eigenvalue weighted by Crippen LogP contribution is 2.32. The molecule has 0 aromatic heterocycles. The van der Waals surface area contributed by atoms with Crippen molar-refractivity contribution in [2.45, 2.75) is 17.7 Å². The van der Waals surface area contributed by atoms with E-state index < -0.39 is 44.7 Å². The van der Waals surface area contributed by atoms with Crippen molar-refractivity contribution in [3.8, 4) is 0 Å². The molecule has 0 radical (unpaired) electrons. The number of nitro groups is 1. The molecule has 31 heavy (non-hydrogen) atoms. The normalized spacial score (nSPS) is 15.6. The number of aryl methyl sites for hydroxylation is 1. The minimum absolute atomic E-state index is 0.108. The molecule has 0 aliphatic carbocycles. The molecule has 0 saturated heterocycles. The first-order chi connectivity index (χ1) is 14.6. The van der Waals surface area contributed by atoms with Crippen molar-refractivity contribution in [1.29, 1.82) is 0 Å². The summed E-state index contributed by atoms with van der Waals surface area (Å²) in [6, 6.07) is 8.23. The predicted molar refractivity (Wildman–Crippen MR) is 109 cm³/mol. The molecule has 2 aromatic rings. The van der Waals surface area contributed by atoms with Gasteiger partial charge in [0, 0.05) is 24.6 Å². The number of hydrogen-bond donors (Lipinski definition) is 0. The van der Waals surface area contributed by atoms with Crippen LogP contribution in [-0.2, 0) is 21.1 Å². The van der Waals surface area contributed by atoms with Gasteiger partial charge in [-0.15, -0.1) is 0 Å². The number of benzene rings is 2. The standard InChI is InChI=1S/C20H17N3O7S/c1-31(29,30)13-7-8-15-12(10-13)4-3-9-21(15)17(24)11-22-19(25)14-5-2-6-16(23(27)28)18(14)20(22)26/h2,5-8,10H,3-4,9,11H2,1H3. The van der Waals surface area contributed by atoms with Gasteiger partial charge in [-0.1, -0.05) is 6.07 Å². The van der Waals surface area contributed by atoms with Crippen LogP contribution >= 0.6 is 0 Å². The number of rotatable bonds is 4. The summed E-state index contributed by atoms with van der Waals surface area (Å²) in [5.41, 5.74) is 0.292. The molecule has 0 bridgehead atoms. The zero-order chi connectivity index (χ0) is 22.5. The molecule has 4 rings (SSSR count). The maximum Gasteiger partial charge on any atom is 0.282 e. The van der Waals surface area contributed by atoms with E-state index in [-0.39, 0.29) is 16.0 Å². The van der Waals surface area contributed by atoms with E-state index in [1.54, 1.807) is 0 Å². The highest BCUT2D eigenvalue weighted by atomic mass is 32.2. The lowest BCUT2D eigenvalue weighted by Crippen LogP contribution is -2.44. The topological polar surface area (TPSA) is 135 Å². The maximum absolute atomic E-state index is 13.0. The zero-order valence-electron chi connectivity index (χ0n) is 16.4. The number of nitro benzene ring substituents is 1. The Morgan fingerprint density at radius 3 is 2.58 bits per heavy atom. The Kier molecular flexibility index (Phi) is 4.85. The largest absolute Gasteiger partial charge is 0.311 e. The molecule has 2 heterocycles. The molecule has 0 spiro atoms. The van der Waals surface area contributed by atoms with E-state index in [1.807, 2.05) is 0 Å². The van der Waals surface area contributed by atoms with Crippen LogP contribution in [0, 0.1) is 10.1 Å². The molecule has 0 unspecified atom stereocenters. The number of amides is 3. The van der Waals surface area contributed by atoms with Crippen molar-refractivity contribution in [3.05, 3.63) is 63.2 Å². The van der Waals surface area contributed by atoms with Gasteiger partial charge >= 0.3 is 0 Å². The summed E-state index contributed by atoms with van der Waals surface area (Å²) in [4.78, 5) is 51.1. The molecule has 2 aromatic carbocycles. The molecular weight excluding hydrogens is 426 g/mol. The van der Waals surface area contributed by atoms with Crippen molar-refractivity contribution in [2.75, 3.05) is 24.2 Å². The summed E-state index contributed by atoms with van der Waals surface area (Å²) in [6.45, 7) is -0.232. The Morgan fingerprint density at radius 2 is 1.90 bits per heavy atom. The van der Waals surface area contributed by atoms with Gasteiger partial charge in [0.2, 0.25) is 5.91 Å². The van der Waals surface area contributed by atoms with Crippen molar-refractivity contribution >= 4 is 38.9 Å². The van der Waals surface area contributed by atoms with E-state index in [0.29, 0.717) is 35.5 Å². The number of sulfone groups is 1. The van der Waals surface area contributed by atoms with E-state index >= 15 is 0 Å². The van der Waals surface area contributed by atoms with E-state index in [1.165, 1.54) is 35.2 Å². The third-order valence-electron chi connectivity index (χ3n) is 5.37. The van der Waals surface area contributed by atoms with Crippen molar-refractivity contribution in [2.24, 2.45) is 0 Å². The van der Waals surface area contributed by atoms with Crippen LogP contribution < -0.4 is 4.90 Å². The molecule has 0 fully saturated rings. The van der Waals surface area contributed by atoms with Crippen LogP contribution in [0.1, 0.15) is 32.7 Å². The van der Waals surface area contributed by atoms with Gasteiger partial charge in [-0.3, -0.25) is 29.4 Å². The average molecular weight is 443 g/mol. The molecule has 2 aliphatic heterocycles. The van der Waals surface area contributed by atoms with Gasteiger partial charge in [0.1, 0.15) is 12.1 Å². The van der Waals surface area contributed by atoms with Crippen LogP contribution in [0.3, 0.4) is 0 Å². The summed E-state index contributed by atoms with van der Waals surface area (Å²) in [7, 11) is -3.41. The number of carbonyl (C=O) groups excluding carboxylic acids is 3. The smallest absolute Gasteiger partial charge is 0.282 e. The fourth-order valence-corrected chi connectivity index (χ4v) is 4.57. The average Bonchev–Trinajstić information content (AvgIpc) is 2.97. The van der Waals surface area contributed by atoms with Crippen molar-refractivity contribution < 1.29 is 27.7 Å². The molecule has 160 valence electrons. The fraction of sp³-hybridized carbons (Fsp3) is 0.250. The number of fused-ring (bicyclic) bond motifs is 2. The first-order valence-electron chi connectivity index (χ1n) is 9.36. The van der Waals surface area contributed by atoms with E-state index in [9.17, 15) is 32.9 Å². The van der Waals surface area contributed by atoms with Crippen LogP contribution in [0.5, 0.6) is 0 Å². The monoisotopic (exact) mass is 443 g/mol. The number of anilines is 1. The minimum Gasteiger partial charge on any atom is -0.311 e. The Bertz CT molecular complexity index is 1270. The maximum atomic E-state index is 13.0. The molecule has 11 heteroatoms. The molecule has 2 aliphatic rings. The van der Waals surface area contributed by atoms with Crippen molar-refractivity contribution in [1.82, 2.24) is 4.90 Å². The quantitative estimate of drug-likeness (QED) is 0.398. The second kappa shape index (κ2) is 7.27. The van der Waals surface area contributed by atoms with Gasteiger partial charge in [-0.05, 0) is 42.7 Å². The van der Waals surface area contributed by atoms with Crippen LogP contribution in [0.15, 0.2) is 41.3 Å². The van der Waals surface area contributed by atoms with E-state index in [0.717, 1.165) is 12.3 Å². The fourth-order valence-electron chi connectivity index (χ4n) is 3.90. The first kappa shape index (κ1) is 20.7. The Morgan fingerprint density at radius 1 is 1.16 bits per heavy atom. The number of carbonyl (C=O) groups is 3. The lowest BCUT2D eigenvalue weighted by molar-refractivity contribution is -0.385. The molecule has 0 saturated carbocycles. The zero-order valence-corrected chi connectivity index (χ0v) is 17.2. The predicted octanol–water partition coefficient (Wildman–Crippen LogP) is 1.57. The lowest BCUT2D eigenvalue weighted by Gasteiger charge is -2.30. The van der Waals surface area contributed by atoms with E-state index in [4.69, 9.17) is 0 Å². The lowest BCUT2D eigenvalue weighted by atomic mass is 10.0. The van der Waals surface area contributed by atoms with Crippen LogP contribution in [0.25, 0.3) is 0 Å². The Labute approximate surface area is 177 Å². The summed E-state index contributed by atoms with van der Waals surface area (Å²) in [5, 5.41) is 11.2. The molecular formula is C20H17N3O7S. The summed E-state index contributed by atoms with van der Waals surface area (Å²) in [5.74, 6) is -2.18. The highest BCUT2D eigenvalue weighted by molar-refractivity contribution is 7.90. The van der Waals surface area contributed by atoms with Gasteiger partial charge in [0.15, 0.2) is 9.84 Å². The molecule has 3 amide bonds. The molecule has 10 nitrogen and oxygen atoms in total. The Balaban J connectivity index is 1.62. The van der Waals surface area contributed by atoms with Gasteiger partial charge in [0.05, 0.1) is 15.4 Å². The Hall–Kier alpha value is -3.60. The van der Waals surface area contributed by atoms with Gasteiger partial charge in [-0.2, -0.15) is 0 Å². The van der Waals surface area contributed by atoms with Crippen LogP contribution in [0.4, 0.5) is 11.4 Å². The third-order valence-corrected chi connectivity index (χ3v) is 6.48. The van der Waals surface area contributed by atoms with Crippen LogP contribution in [0.2, 0.25) is 0 Å². The number of nitrogens with zero attached hydrogens (tertiary/aromatic N) is 3. The minimum atomic E-state index is -3.41. The first-order valence-corrected chi connectivity index (χ1v) is 11.3. The third kappa shape index (κ3) is 3.46. The van der Waals surface area contributed by atoms with Crippen LogP contribution in [-0.4, -0.2) is 55.3 Å². The summed E-state index contributed by atoms with van der Waals surface area (Å²) >= 11 is 0. The van der Waals surface area contributed by atoms with Gasteiger partial charge in [0.25, 0.3) is 17.5 Å². The second-order valence-electron chi connectivity index (χ2n) is 7.36. The van der Waals surface area contributed by atoms with Gasteiger partial charge in [-0.25, -0.2) is 8.42 Å². The van der Waals surface area contributed by atoms with Gasteiger partial charge < -0.3 is 4.90 Å². The number of hydrogen-bond acceptors (Lipinski definition) is 7. The summed E-state index contributed by atoms with van der Waals surface area (Å²) < 4.78 is 23.6. The SMILES string of the molecule is CS(=O)(=O)c1ccc2c(c1)CCCN2C(=O)CN1C(=O)c2cccc([N+](=O)[O-])c2C1=O. The summed E-state index contributed by atoms with van der Waals surface area (Å²) in [6.07, 6.45) is 2.27. The molecule has 0 N–H and O–H groups in total. The highest BCUT2D eigenvalue weighted by Gasteiger charge is 2.42. The molecule has 0 atom stereocenters. The second-order valence-corrected chi connectivity index (χ2v) is 9.38.